The summed E-state index contributed by atoms with van der Waals surface area (Å²) in [6.45, 7) is 0. The SMILES string of the molecule is O=CCCCC(=O)OC(=O)c1ccc(O)cc1. The van der Waals surface area contributed by atoms with Gasteiger partial charge in [0.05, 0.1) is 5.56 Å². The Morgan fingerprint density at radius 3 is 2.47 bits per heavy atom. The molecular formula is C12H12O5. The number of aldehydes is 1. The molecule has 1 aromatic rings. The van der Waals surface area contributed by atoms with E-state index in [0.29, 0.717) is 12.7 Å². The number of carbonyl (C=O) groups is 3. The number of unbranched alkanes of at least 4 members (excludes halogenated alkanes) is 1. The summed E-state index contributed by atoms with van der Waals surface area (Å²) in [6.07, 6.45) is 1.37. The Bertz CT molecular complexity index is 407. The third-order valence-corrected chi connectivity index (χ3v) is 2.01. The second-order valence-corrected chi connectivity index (χ2v) is 3.37. The van der Waals surface area contributed by atoms with Crippen molar-refractivity contribution < 1.29 is 24.2 Å². The van der Waals surface area contributed by atoms with Crippen molar-refractivity contribution in [1.82, 2.24) is 0 Å². The molecule has 0 aliphatic rings. The van der Waals surface area contributed by atoms with Gasteiger partial charge in [0, 0.05) is 12.8 Å². The number of hydrogen-bond acceptors (Lipinski definition) is 5. The molecule has 5 heteroatoms. The zero-order valence-electron chi connectivity index (χ0n) is 9.09. The molecule has 0 fully saturated rings. The maximum atomic E-state index is 11.4. The van der Waals surface area contributed by atoms with Gasteiger partial charge < -0.3 is 14.6 Å². The van der Waals surface area contributed by atoms with Crippen molar-refractivity contribution >= 4 is 18.2 Å². The normalized spacial score (nSPS) is 9.65. The van der Waals surface area contributed by atoms with Crippen LogP contribution in [-0.2, 0) is 14.3 Å². The molecule has 1 N–H and O–H groups in total. The Morgan fingerprint density at radius 1 is 1.24 bits per heavy atom. The summed E-state index contributed by atoms with van der Waals surface area (Å²) < 4.78 is 4.55. The van der Waals surface area contributed by atoms with Crippen LogP contribution in [-0.4, -0.2) is 23.3 Å². The van der Waals surface area contributed by atoms with Crippen LogP contribution in [0.4, 0.5) is 0 Å². The lowest BCUT2D eigenvalue weighted by Gasteiger charge is -2.02. The van der Waals surface area contributed by atoms with Gasteiger partial charge in [-0.25, -0.2) is 4.79 Å². The Hall–Kier alpha value is -2.17. The first-order valence-corrected chi connectivity index (χ1v) is 5.11. The van der Waals surface area contributed by atoms with Crippen LogP contribution in [0.3, 0.4) is 0 Å². The fourth-order valence-electron chi connectivity index (χ4n) is 1.14. The van der Waals surface area contributed by atoms with E-state index in [0.717, 1.165) is 0 Å². The van der Waals surface area contributed by atoms with E-state index in [1.165, 1.54) is 24.3 Å². The van der Waals surface area contributed by atoms with Crippen molar-refractivity contribution in [2.45, 2.75) is 19.3 Å². The predicted octanol–water partition coefficient (Wildman–Crippen LogP) is 1.44. The summed E-state index contributed by atoms with van der Waals surface area (Å²) in [5.74, 6) is -1.40. The van der Waals surface area contributed by atoms with E-state index in [1.807, 2.05) is 0 Å². The highest BCUT2D eigenvalue weighted by Crippen LogP contribution is 2.11. The molecule has 1 rings (SSSR count). The summed E-state index contributed by atoms with van der Waals surface area (Å²) in [4.78, 5) is 32.6. The predicted molar refractivity (Wildman–Crippen MR) is 58.4 cm³/mol. The molecule has 0 amide bonds. The Morgan fingerprint density at radius 2 is 1.88 bits per heavy atom. The third kappa shape index (κ3) is 4.46. The van der Waals surface area contributed by atoms with Crippen molar-refractivity contribution in [3.05, 3.63) is 29.8 Å². The summed E-state index contributed by atoms with van der Waals surface area (Å²) in [5, 5.41) is 9.01. The third-order valence-electron chi connectivity index (χ3n) is 2.01. The monoisotopic (exact) mass is 236 g/mol. The van der Waals surface area contributed by atoms with Crippen molar-refractivity contribution in [1.29, 1.82) is 0 Å². The highest BCUT2D eigenvalue weighted by atomic mass is 16.6. The van der Waals surface area contributed by atoms with Crippen molar-refractivity contribution in [3.8, 4) is 5.75 Å². The van der Waals surface area contributed by atoms with Crippen molar-refractivity contribution in [3.63, 3.8) is 0 Å². The number of ether oxygens (including phenoxy) is 1. The van der Waals surface area contributed by atoms with Crippen LogP contribution in [0.15, 0.2) is 24.3 Å². The second-order valence-electron chi connectivity index (χ2n) is 3.37. The number of carbonyl (C=O) groups excluding carboxylic acids is 3. The zero-order valence-corrected chi connectivity index (χ0v) is 9.09. The standard InChI is InChI=1S/C12H12O5/c13-8-2-1-3-11(15)17-12(16)9-4-6-10(14)7-5-9/h4-8,14H,1-3H2. The maximum absolute atomic E-state index is 11.4. The minimum Gasteiger partial charge on any atom is -0.508 e. The van der Waals surface area contributed by atoms with E-state index in [2.05, 4.69) is 4.74 Å². The number of phenolic OH excluding ortho intramolecular Hbond substituents is 1. The van der Waals surface area contributed by atoms with Crippen LogP contribution >= 0.6 is 0 Å². The molecule has 0 heterocycles. The molecule has 0 spiro atoms. The molecule has 0 aromatic heterocycles. The summed E-state index contributed by atoms with van der Waals surface area (Å²) in [7, 11) is 0. The minimum atomic E-state index is -0.763. The summed E-state index contributed by atoms with van der Waals surface area (Å²) in [6, 6.07) is 5.37. The van der Waals surface area contributed by atoms with Crippen LogP contribution < -0.4 is 0 Å². The summed E-state index contributed by atoms with van der Waals surface area (Å²) in [5.41, 5.74) is 0.187. The average Bonchev–Trinajstić information content (AvgIpc) is 2.30. The van der Waals surface area contributed by atoms with Gasteiger partial charge in [-0.1, -0.05) is 0 Å². The molecule has 0 unspecified atom stereocenters. The number of aromatic hydroxyl groups is 1. The van der Waals surface area contributed by atoms with Crippen LogP contribution in [0.2, 0.25) is 0 Å². The first-order chi connectivity index (χ1) is 8.13. The lowest BCUT2D eigenvalue weighted by atomic mass is 10.2. The van der Waals surface area contributed by atoms with Gasteiger partial charge in [0.25, 0.3) is 0 Å². The largest absolute Gasteiger partial charge is 0.508 e. The molecule has 5 nitrogen and oxygen atoms in total. The number of benzene rings is 1. The first kappa shape index (κ1) is 12.9. The molecule has 0 saturated heterocycles. The van der Waals surface area contributed by atoms with E-state index in [-0.39, 0.29) is 24.2 Å². The molecule has 0 atom stereocenters. The fraction of sp³-hybridized carbons (Fsp3) is 0.250. The van der Waals surface area contributed by atoms with Gasteiger partial charge in [0.15, 0.2) is 0 Å². The fourth-order valence-corrected chi connectivity index (χ4v) is 1.14. The zero-order chi connectivity index (χ0) is 12.7. The van der Waals surface area contributed by atoms with Crippen LogP contribution in [0.25, 0.3) is 0 Å². The minimum absolute atomic E-state index is 0.0267. The van der Waals surface area contributed by atoms with E-state index >= 15 is 0 Å². The number of rotatable bonds is 5. The molecule has 0 radical (unpaired) electrons. The molecule has 17 heavy (non-hydrogen) atoms. The molecule has 0 saturated carbocycles. The highest BCUT2D eigenvalue weighted by molar-refractivity contribution is 5.96. The van der Waals surface area contributed by atoms with Gasteiger partial charge in [-0.15, -0.1) is 0 Å². The van der Waals surface area contributed by atoms with Gasteiger partial charge in [-0.05, 0) is 30.7 Å². The van der Waals surface area contributed by atoms with E-state index in [9.17, 15) is 14.4 Å². The number of esters is 2. The molecule has 0 aliphatic heterocycles. The Balaban J connectivity index is 2.46. The molecule has 1 aromatic carbocycles. The lowest BCUT2D eigenvalue weighted by molar-refractivity contribution is -0.138. The van der Waals surface area contributed by atoms with Crippen LogP contribution in [0, 0.1) is 0 Å². The smallest absolute Gasteiger partial charge is 0.345 e. The second kappa shape index (κ2) is 6.42. The lowest BCUT2D eigenvalue weighted by Crippen LogP contribution is -2.12. The first-order valence-electron chi connectivity index (χ1n) is 5.11. The van der Waals surface area contributed by atoms with E-state index < -0.39 is 11.9 Å². The van der Waals surface area contributed by atoms with E-state index in [4.69, 9.17) is 5.11 Å². The van der Waals surface area contributed by atoms with Gasteiger partial charge in [-0.2, -0.15) is 0 Å². The van der Waals surface area contributed by atoms with Crippen molar-refractivity contribution in [2.75, 3.05) is 0 Å². The summed E-state index contributed by atoms with van der Waals surface area (Å²) >= 11 is 0. The number of hydrogen-bond donors (Lipinski definition) is 1. The van der Waals surface area contributed by atoms with Crippen LogP contribution in [0.1, 0.15) is 29.6 Å². The Labute approximate surface area is 98.0 Å². The molecular weight excluding hydrogens is 224 g/mol. The molecule has 90 valence electrons. The van der Waals surface area contributed by atoms with Gasteiger partial charge in [0.2, 0.25) is 0 Å². The quantitative estimate of drug-likeness (QED) is 0.362. The molecule has 0 aliphatic carbocycles. The van der Waals surface area contributed by atoms with E-state index in [1.54, 1.807) is 0 Å². The molecule has 0 bridgehead atoms. The average molecular weight is 236 g/mol. The topological polar surface area (TPSA) is 80.7 Å². The van der Waals surface area contributed by atoms with Gasteiger partial charge in [0.1, 0.15) is 12.0 Å². The van der Waals surface area contributed by atoms with Gasteiger partial charge in [-0.3, -0.25) is 4.79 Å². The van der Waals surface area contributed by atoms with Crippen LogP contribution in [0.5, 0.6) is 5.75 Å². The Kier molecular flexibility index (Phi) is 4.87. The number of phenols is 1. The van der Waals surface area contributed by atoms with Gasteiger partial charge >= 0.3 is 11.9 Å². The maximum Gasteiger partial charge on any atom is 0.345 e. The van der Waals surface area contributed by atoms with Crippen molar-refractivity contribution in [2.24, 2.45) is 0 Å². The highest BCUT2D eigenvalue weighted by Gasteiger charge is 2.12.